The molecule has 104 valence electrons. The monoisotopic (exact) mass is 278 g/mol. The van der Waals surface area contributed by atoms with E-state index >= 15 is 0 Å². The molecule has 1 unspecified atom stereocenters. The van der Waals surface area contributed by atoms with E-state index in [-0.39, 0.29) is 6.04 Å². The first-order valence-electron chi connectivity index (χ1n) is 6.72. The summed E-state index contributed by atoms with van der Waals surface area (Å²) in [7, 11) is 0. The predicted octanol–water partition coefficient (Wildman–Crippen LogP) is 3.14. The summed E-state index contributed by atoms with van der Waals surface area (Å²) < 4.78 is 5.35. The van der Waals surface area contributed by atoms with Crippen molar-refractivity contribution in [3.63, 3.8) is 0 Å². The lowest BCUT2D eigenvalue weighted by Gasteiger charge is -2.16. The van der Waals surface area contributed by atoms with Gasteiger partial charge in [0.25, 0.3) is 0 Å². The van der Waals surface area contributed by atoms with Gasteiger partial charge in [-0.3, -0.25) is 0 Å². The Morgan fingerprint density at radius 1 is 1.24 bits per heavy atom. The summed E-state index contributed by atoms with van der Waals surface area (Å²) in [6, 6.07) is 13.6. The number of fused-ring (bicyclic) bond motifs is 1. The van der Waals surface area contributed by atoms with Gasteiger partial charge in [-0.25, -0.2) is 0 Å². The number of aromatic nitrogens is 2. The number of furan rings is 1. The molecule has 2 heterocycles. The van der Waals surface area contributed by atoms with Gasteiger partial charge in [0.1, 0.15) is 11.8 Å². The van der Waals surface area contributed by atoms with Crippen LogP contribution in [0.1, 0.15) is 18.4 Å². The molecule has 3 rings (SSSR count). The number of benzene rings is 1. The van der Waals surface area contributed by atoms with Gasteiger partial charge in [0.2, 0.25) is 0 Å². The molecular weight excluding hydrogens is 264 g/mol. The highest BCUT2D eigenvalue weighted by Crippen LogP contribution is 2.25. The third-order valence-corrected chi connectivity index (χ3v) is 3.25. The minimum atomic E-state index is 0.107. The van der Waals surface area contributed by atoms with Gasteiger partial charge in [-0.1, -0.05) is 18.2 Å². The summed E-state index contributed by atoms with van der Waals surface area (Å²) in [5.74, 6) is 0.903. The molecule has 0 spiro atoms. The van der Waals surface area contributed by atoms with Gasteiger partial charge < -0.3 is 9.73 Å². The van der Waals surface area contributed by atoms with Crippen LogP contribution in [0.5, 0.6) is 0 Å². The lowest BCUT2D eigenvalue weighted by Crippen LogP contribution is -2.19. The first-order valence-corrected chi connectivity index (χ1v) is 6.72. The number of nitriles is 1. The second-order valence-electron chi connectivity index (χ2n) is 4.88. The van der Waals surface area contributed by atoms with Crippen LogP contribution < -0.4 is 5.32 Å². The summed E-state index contributed by atoms with van der Waals surface area (Å²) in [5, 5.41) is 21.5. The number of hydrogen-bond donors (Lipinski definition) is 1. The summed E-state index contributed by atoms with van der Waals surface area (Å²) in [6.07, 6.45) is 2.39. The Kier molecular flexibility index (Phi) is 3.52. The van der Waals surface area contributed by atoms with Crippen LogP contribution in [0.15, 0.2) is 47.1 Å². The lowest BCUT2D eigenvalue weighted by atomic mass is 10.1. The van der Waals surface area contributed by atoms with Crippen molar-refractivity contribution in [1.29, 1.82) is 5.26 Å². The average Bonchev–Trinajstić information content (AvgIpc) is 3.00. The van der Waals surface area contributed by atoms with Crippen LogP contribution in [0.4, 0.5) is 5.69 Å². The maximum Gasteiger partial charge on any atom is 0.186 e. The maximum atomic E-state index is 9.24. The Balaban J connectivity index is 1.93. The molecule has 0 bridgehead atoms. The van der Waals surface area contributed by atoms with E-state index in [9.17, 15) is 5.26 Å². The first-order chi connectivity index (χ1) is 10.3. The predicted molar refractivity (Wildman–Crippen MR) is 79.7 cm³/mol. The number of nitrogens with one attached hydrogen (secondary N) is 1. The molecule has 2 aromatic heterocycles. The molecule has 1 aromatic carbocycles. The molecule has 1 atom stereocenters. The Hall–Kier alpha value is -2.87. The number of nitrogens with zero attached hydrogens (tertiary/aromatic N) is 3. The van der Waals surface area contributed by atoms with Gasteiger partial charge in [0, 0.05) is 17.8 Å². The maximum absolute atomic E-state index is 9.24. The molecule has 0 radical (unpaired) electrons. The van der Waals surface area contributed by atoms with Gasteiger partial charge >= 0.3 is 0 Å². The molecule has 5 nitrogen and oxygen atoms in total. The van der Waals surface area contributed by atoms with E-state index in [0.29, 0.717) is 5.69 Å². The standard InChI is InChI=1S/C16H14N4O/c1-11(9-12-5-4-8-21-12)18-16-13-6-2-3-7-14(13)19-20-15(16)10-17/h2-8,11H,9H2,1H3,(H,18,19). The minimum absolute atomic E-state index is 0.107. The van der Waals surface area contributed by atoms with Gasteiger partial charge in [-0.15, -0.1) is 10.2 Å². The molecule has 5 heteroatoms. The molecule has 0 aliphatic heterocycles. The zero-order valence-electron chi connectivity index (χ0n) is 11.6. The van der Waals surface area contributed by atoms with E-state index in [1.807, 2.05) is 43.3 Å². The van der Waals surface area contributed by atoms with Crippen LogP contribution in [0.25, 0.3) is 10.9 Å². The third kappa shape index (κ3) is 2.70. The number of hydrogen-bond acceptors (Lipinski definition) is 5. The zero-order valence-corrected chi connectivity index (χ0v) is 11.6. The van der Waals surface area contributed by atoms with Gasteiger partial charge in [0.15, 0.2) is 5.69 Å². The van der Waals surface area contributed by atoms with E-state index in [0.717, 1.165) is 28.8 Å². The molecule has 1 N–H and O–H groups in total. The highest BCUT2D eigenvalue weighted by molar-refractivity contribution is 5.92. The van der Waals surface area contributed by atoms with Crippen LogP contribution in [0, 0.1) is 11.3 Å². The van der Waals surface area contributed by atoms with Crippen molar-refractivity contribution in [3.05, 3.63) is 54.1 Å². The van der Waals surface area contributed by atoms with Crippen molar-refractivity contribution in [3.8, 4) is 6.07 Å². The molecule has 0 fully saturated rings. The van der Waals surface area contributed by atoms with Crippen LogP contribution in [0.2, 0.25) is 0 Å². The van der Waals surface area contributed by atoms with Crippen LogP contribution in [0.3, 0.4) is 0 Å². The highest BCUT2D eigenvalue weighted by atomic mass is 16.3. The Bertz CT molecular complexity index is 790. The van der Waals surface area contributed by atoms with Crippen molar-refractivity contribution >= 4 is 16.6 Å². The summed E-state index contributed by atoms with van der Waals surface area (Å²) in [5.41, 5.74) is 1.80. The smallest absolute Gasteiger partial charge is 0.186 e. The van der Waals surface area contributed by atoms with Crippen LogP contribution >= 0.6 is 0 Å². The van der Waals surface area contributed by atoms with Crippen molar-refractivity contribution in [1.82, 2.24) is 10.2 Å². The van der Waals surface area contributed by atoms with E-state index < -0.39 is 0 Å². The molecule has 0 aliphatic rings. The summed E-state index contributed by atoms with van der Waals surface area (Å²) in [4.78, 5) is 0. The van der Waals surface area contributed by atoms with Crippen molar-refractivity contribution in [2.45, 2.75) is 19.4 Å². The normalized spacial score (nSPS) is 12.0. The molecule has 0 aliphatic carbocycles. The van der Waals surface area contributed by atoms with Gasteiger partial charge in [-0.05, 0) is 25.1 Å². The summed E-state index contributed by atoms with van der Waals surface area (Å²) >= 11 is 0. The quantitative estimate of drug-likeness (QED) is 0.793. The molecular formula is C16H14N4O. The molecule has 0 saturated heterocycles. The number of rotatable bonds is 4. The van der Waals surface area contributed by atoms with E-state index in [2.05, 4.69) is 21.6 Å². The topological polar surface area (TPSA) is 74.7 Å². The van der Waals surface area contributed by atoms with E-state index in [1.165, 1.54) is 0 Å². The molecule has 21 heavy (non-hydrogen) atoms. The fourth-order valence-corrected chi connectivity index (χ4v) is 2.31. The fraction of sp³-hybridized carbons (Fsp3) is 0.188. The highest BCUT2D eigenvalue weighted by Gasteiger charge is 2.13. The minimum Gasteiger partial charge on any atom is -0.469 e. The lowest BCUT2D eigenvalue weighted by molar-refractivity contribution is 0.498. The summed E-state index contributed by atoms with van der Waals surface area (Å²) in [6.45, 7) is 2.04. The van der Waals surface area contributed by atoms with E-state index in [4.69, 9.17) is 4.42 Å². The SMILES string of the molecule is CC(Cc1ccco1)Nc1c(C#N)nnc2ccccc12. The molecule has 0 saturated carbocycles. The second-order valence-corrected chi connectivity index (χ2v) is 4.88. The zero-order chi connectivity index (χ0) is 14.7. The van der Waals surface area contributed by atoms with Crippen molar-refractivity contribution < 1.29 is 4.42 Å². The van der Waals surface area contributed by atoms with Gasteiger partial charge in [0.05, 0.1) is 17.5 Å². The van der Waals surface area contributed by atoms with Crippen molar-refractivity contribution in [2.24, 2.45) is 0 Å². The Morgan fingerprint density at radius 2 is 2.10 bits per heavy atom. The Labute approximate surface area is 122 Å². The average molecular weight is 278 g/mol. The molecule has 0 amide bonds. The van der Waals surface area contributed by atoms with Crippen molar-refractivity contribution in [2.75, 3.05) is 5.32 Å². The first kappa shape index (κ1) is 13.1. The van der Waals surface area contributed by atoms with Gasteiger partial charge in [-0.2, -0.15) is 5.26 Å². The van der Waals surface area contributed by atoms with Crippen LogP contribution in [-0.2, 0) is 6.42 Å². The largest absolute Gasteiger partial charge is 0.469 e. The number of anilines is 1. The second kappa shape index (κ2) is 5.63. The Morgan fingerprint density at radius 3 is 2.86 bits per heavy atom. The van der Waals surface area contributed by atoms with Crippen LogP contribution in [-0.4, -0.2) is 16.2 Å². The molecule has 3 aromatic rings. The van der Waals surface area contributed by atoms with E-state index in [1.54, 1.807) is 6.26 Å². The third-order valence-electron chi connectivity index (χ3n) is 3.25. The fourth-order valence-electron chi connectivity index (χ4n) is 2.31.